The predicted molar refractivity (Wildman–Crippen MR) is 76.9 cm³/mol. The van der Waals surface area contributed by atoms with E-state index >= 15 is 0 Å². The van der Waals surface area contributed by atoms with Crippen LogP contribution in [-0.4, -0.2) is 12.5 Å². The molecule has 0 heterocycles. The lowest BCUT2D eigenvalue weighted by Crippen LogP contribution is -2.13. The van der Waals surface area contributed by atoms with Crippen LogP contribution in [0.5, 0.6) is 5.75 Å². The molecule has 112 valence electrons. The average Bonchev–Trinajstić information content (AvgIpc) is 2.50. The molecule has 2 aromatic carbocycles. The number of benzene rings is 2. The molecule has 0 aliphatic rings. The van der Waals surface area contributed by atoms with Crippen molar-refractivity contribution < 1.29 is 18.3 Å². The Morgan fingerprint density at radius 1 is 1.23 bits per heavy atom. The van der Waals surface area contributed by atoms with Crippen molar-refractivity contribution in [1.29, 1.82) is 5.26 Å². The van der Waals surface area contributed by atoms with Gasteiger partial charge in [0.25, 0.3) is 5.91 Å². The molecule has 0 radical (unpaired) electrons. The molecule has 0 saturated carbocycles. The van der Waals surface area contributed by atoms with E-state index in [-0.39, 0.29) is 17.2 Å². The van der Waals surface area contributed by atoms with E-state index in [1.807, 2.05) is 6.07 Å². The smallest absolute Gasteiger partial charge is 0.257 e. The highest BCUT2D eigenvalue weighted by atomic mass is 35.5. The molecule has 4 nitrogen and oxygen atoms in total. The number of nitriles is 1. The van der Waals surface area contributed by atoms with Crippen LogP contribution in [0.15, 0.2) is 36.4 Å². The molecule has 7 heteroatoms. The second-order valence-corrected chi connectivity index (χ2v) is 4.58. The zero-order chi connectivity index (χ0) is 16.1. The first-order valence-electron chi connectivity index (χ1n) is 6.07. The summed E-state index contributed by atoms with van der Waals surface area (Å²) in [6.45, 7) is -0.0871. The molecule has 0 bridgehead atoms. The van der Waals surface area contributed by atoms with Crippen molar-refractivity contribution in [3.63, 3.8) is 0 Å². The van der Waals surface area contributed by atoms with Crippen molar-refractivity contribution in [2.75, 3.05) is 11.9 Å². The van der Waals surface area contributed by atoms with Gasteiger partial charge in [-0.2, -0.15) is 5.26 Å². The van der Waals surface area contributed by atoms with E-state index < -0.39 is 17.5 Å². The van der Waals surface area contributed by atoms with E-state index in [0.29, 0.717) is 11.4 Å². The summed E-state index contributed by atoms with van der Waals surface area (Å²) in [6, 6.07) is 9.49. The average molecular weight is 323 g/mol. The number of amides is 1. The standard InChI is InChI=1S/C15H9ClF2N2O2/c16-12-8-14(18)13(17)7-11(12)15(21)20-9-1-3-10(4-2-9)22-6-5-19/h1-4,7-8H,6H2,(H,20,21). The first-order valence-corrected chi connectivity index (χ1v) is 6.45. The molecular formula is C15H9ClF2N2O2. The molecule has 1 N–H and O–H groups in total. The maximum Gasteiger partial charge on any atom is 0.257 e. The number of anilines is 1. The molecule has 0 aliphatic carbocycles. The minimum atomic E-state index is -1.16. The molecule has 2 aromatic rings. The lowest BCUT2D eigenvalue weighted by atomic mass is 10.2. The number of nitrogens with zero attached hydrogens (tertiary/aromatic N) is 1. The van der Waals surface area contributed by atoms with Gasteiger partial charge in [-0.15, -0.1) is 0 Å². The largest absolute Gasteiger partial charge is 0.479 e. The molecule has 2 rings (SSSR count). The molecule has 0 aliphatic heterocycles. The summed E-state index contributed by atoms with van der Waals surface area (Å²) in [5.74, 6) is -2.49. The molecule has 0 atom stereocenters. The predicted octanol–water partition coefficient (Wildman–Crippen LogP) is 3.77. The summed E-state index contributed by atoms with van der Waals surface area (Å²) < 4.78 is 31.2. The number of nitrogens with one attached hydrogen (secondary N) is 1. The van der Waals surface area contributed by atoms with Crippen LogP contribution >= 0.6 is 11.6 Å². The normalized spacial score (nSPS) is 9.91. The van der Waals surface area contributed by atoms with Crippen LogP contribution in [0.25, 0.3) is 0 Å². The van der Waals surface area contributed by atoms with Crippen LogP contribution in [-0.2, 0) is 0 Å². The number of carbonyl (C=O) groups is 1. The highest BCUT2D eigenvalue weighted by Crippen LogP contribution is 2.22. The van der Waals surface area contributed by atoms with Crippen molar-refractivity contribution >= 4 is 23.2 Å². The van der Waals surface area contributed by atoms with Gasteiger partial charge in [0.05, 0.1) is 10.6 Å². The van der Waals surface area contributed by atoms with Gasteiger partial charge in [0.1, 0.15) is 11.8 Å². The Balaban J connectivity index is 2.12. The number of hydrogen-bond acceptors (Lipinski definition) is 3. The van der Waals surface area contributed by atoms with Crippen LogP contribution in [0.4, 0.5) is 14.5 Å². The number of rotatable bonds is 4. The van der Waals surface area contributed by atoms with Crippen molar-refractivity contribution in [2.45, 2.75) is 0 Å². The maximum absolute atomic E-state index is 13.2. The fourth-order valence-corrected chi connectivity index (χ4v) is 1.88. The van der Waals surface area contributed by atoms with Gasteiger partial charge < -0.3 is 10.1 Å². The summed E-state index contributed by atoms with van der Waals surface area (Å²) in [6.07, 6.45) is 0. The minimum absolute atomic E-state index is 0.0871. The summed E-state index contributed by atoms with van der Waals surface area (Å²) in [5, 5.41) is 10.7. The van der Waals surface area contributed by atoms with Crippen LogP contribution in [0.3, 0.4) is 0 Å². The highest BCUT2D eigenvalue weighted by Gasteiger charge is 2.15. The van der Waals surface area contributed by atoms with E-state index in [1.165, 1.54) is 0 Å². The molecule has 0 aromatic heterocycles. The molecular weight excluding hydrogens is 314 g/mol. The lowest BCUT2D eigenvalue weighted by molar-refractivity contribution is 0.102. The Morgan fingerprint density at radius 2 is 1.86 bits per heavy atom. The molecule has 1 amide bonds. The third-order valence-corrected chi connectivity index (χ3v) is 2.98. The van der Waals surface area contributed by atoms with E-state index in [0.717, 1.165) is 12.1 Å². The number of halogens is 3. The summed E-state index contributed by atoms with van der Waals surface area (Å²) in [5.41, 5.74) is 0.237. The number of carbonyl (C=O) groups excluding carboxylic acids is 1. The quantitative estimate of drug-likeness (QED) is 0.871. The minimum Gasteiger partial charge on any atom is -0.479 e. The van der Waals surface area contributed by atoms with Gasteiger partial charge >= 0.3 is 0 Å². The first-order chi connectivity index (χ1) is 10.5. The Kier molecular flexibility index (Phi) is 4.92. The summed E-state index contributed by atoms with van der Waals surface area (Å²) >= 11 is 5.73. The zero-order valence-corrected chi connectivity index (χ0v) is 11.8. The van der Waals surface area contributed by atoms with Gasteiger partial charge in [-0.25, -0.2) is 8.78 Å². The van der Waals surface area contributed by atoms with Crippen molar-refractivity contribution in [3.05, 3.63) is 58.6 Å². The Morgan fingerprint density at radius 3 is 2.50 bits per heavy atom. The van der Waals surface area contributed by atoms with Gasteiger partial charge in [-0.05, 0) is 36.4 Å². The molecule has 0 fully saturated rings. The van der Waals surface area contributed by atoms with Crippen LogP contribution in [0.1, 0.15) is 10.4 Å². The van der Waals surface area contributed by atoms with Crippen molar-refractivity contribution in [3.8, 4) is 11.8 Å². The SMILES string of the molecule is N#CCOc1ccc(NC(=O)c2cc(F)c(F)cc2Cl)cc1. The van der Waals surface area contributed by atoms with E-state index in [2.05, 4.69) is 5.32 Å². The second kappa shape index (κ2) is 6.87. The molecule has 0 spiro atoms. The summed E-state index contributed by atoms with van der Waals surface area (Å²) in [7, 11) is 0. The molecule has 0 unspecified atom stereocenters. The van der Waals surface area contributed by atoms with Crippen LogP contribution in [0, 0.1) is 23.0 Å². The monoisotopic (exact) mass is 322 g/mol. The third kappa shape index (κ3) is 3.71. The highest BCUT2D eigenvalue weighted by molar-refractivity contribution is 6.34. The van der Waals surface area contributed by atoms with Crippen molar-refractivity contribution in [2.24, 2.45) is 0 Å². The summed E-state index contributed by atoms with van der Waals surface area (Å²) in [4.78, 5) is 12.0. The molecule has 22 heavy (non-hydrogen) atoms. The van der Waals surface area contributed by atoms with Crippen LogP contribution in [0.2, 0.25) is 5.02 Å². The van der Waals surface area contributed by atoms with Gasteiger partial charge in [-0.1, -0.05) is 11.6 Å². The molecule has 0 saturated heterocycles. The van der Waals surface area contributed by atoms with Crippen molar-refractivity contribution in [1.82, 2.24) is 0 Å². The van der Waals surface area contributed by atoms with E-state index in [9.17, 15) is 13.6 Å². The maximum atomic E-state index is 13.2. The van der Waals surface area contributed by atoms with E-state index in [1.54, 1.807) is 24.3 Å². The fraction of sp³-hybridized carbons (Fsp3) is 0.0667. The lowest BCUT2D eigenvalue weighted by Gasteiger charge is -2.08. The van der Waals surface area contributed by atoms with Gasteiger partial charge in [0.2, 0.25) is 0 Å². The second-order valence-electron chi connectivity index (χ2n) is 4.17. The third-order valence-electron chi connectivity index (χ3n) is 2.67. The Hall–Kier alpha value is -2.65. The first kappa shape index (κ1) is 15.7. The van der Waals surface area contributed by atoms with Crippen LogP contribution < -0.4 is 10.1 Å². The van der Waals surface area contributed by atoms with Gasteiger partial charge in [-0.3, -0.25) is 4.79 Å². The van der Waals surface area contributed by atoms with E-state index in [4.69, 9.17) is 21.6 Å². The van der Waals surface area contributed by atoms with Gasteiger partial charge in [0.15, 0.2) is 18.2 Å². The van der Waals surface area contributed by atoms with Gasteiger partial charge in [0, 0.05) is 5.69 Å². The Bertz CT molecular complexity index is 742. The zero-order valence-electron chi connectivity index (χ0n) is 11.1. The topological polar surface area (TPSA) is 62.1 Å². The number of ether oxygens (including phenoxy) is 1. The Labute approximate surface area is 129 Å². The fourth-order valence-electron chi connectivity index (χ4n) is 1.65. The number of hydrogen-bond donors (Lipinski definition) is 1.